The van der Waals surface area contributed by atoms with E-state index in [-0.39, 0.29) is 23.2 Å². The maximum Gasteiger partial charge on any atom is 0.283 e. The van der Waals surface area contributed by atoms with Gasteiger partial charge in [0.25, 0.3) is 16.0 Å². The third-order valence-electron chi connectivity index (χ3n) is 10.1. The summed E-state index contributed by atoms with van der Waals surface area (Å²) in [6.45, 7) is 2.28. The number of aldehydes is 1. The van der Waals surface area contributed by atoms with E-state index in [0.29, 0.717) is 86.4 Å². The topological polar surface area (TPSA) is 156 Å². The summed E-state index contributed by atoms with van der Waals surface area (Å²) in [7, 11) is 0.710. The van der Waals surface area contributed by atoms with Crippen LogP contribution in [0.5, 0.6) is 23.0 Å². The Kier molecular flexibility index (Phi) is 12.7. The van der Waals surface area contributed by atoms with Gasteiger partial charge in [-0.3, -0.25) is 14.1 Å². The molecule has 2 heterocycles. The van der Waals surface area contributed by atoms with Crippen molar-refractivity contribution in [1.29, 1.82) is 0 Å². The van der Waals surface area contributed by atoms with Gasteiger partial charge in [-0.05, 0) is 67.0 Å². The molecule has 2 aliphatic heterocycles. The Morgan fingerprint density at radius 2 is 1.47 bits per heavy atom. The number of likely N-dealkylation sites (N-methyl/N-ethyl adjacent to an activating group) is 1. The molecule has 0 saturated heterocycles. The third-order valence-corrected chi connectivity index (χ3v) is 10.6. The van der Waals surface area contributed by atoms with Crippen molar-refractivity contribution < 1.29 is 41.5 Å². The first kappa shape index (κ1) is 39.2. The molecule has 0 fully saturated rings. The van der Waals surface area contributed by atoms with E-state index >= 15 is 0 Å². The molecule has 1 unspecified atom stereocenters. The van der Waals surface area contributed by atoms with E-state index in [9.17, 15) is 22.6 Å². The van der Waals surface area contributed by atoms with Gasteiger partial charge in [-0.1, -0.05) is 42.5 Å². The number of nitrogens with one attached hydrogen (secondary N) is 2. The van der Waals surface area contributed by atoms with Crippen molar-refractivity contribution in [2.45, 2.75) is 44.7 Å². The summed E-state index contributed by atoms with van der Waals surface area (Å²) in [5, 5.41) is 6.14. The van der Waals surface area contributed by atoms with Crippen LogP contribution in [-0.2, 0) is 29.5 Å². The Balaban J connectivity index is 1.03. The van der Waals surface area contributed by atoms with Gasteiger partial charge in [0.1, 0.15) is 5.88 Å². The van der Waals surface area contributed by atoms with E-state index in [1.54, 1.807) is 18.1 Å². The van der Waals surface area contributed by atoms with Crippen molar-refractivity contribution in [3.63, 3.8) is 0 Å². The molecular formula is C41H48N4O9S. The number of fused-ring (bicyclic) bond motifs is 2. The molecule has 2 aliphatic rings. The fourth-order valence-corrected chi connectivity index (χ4v) is 7.40. The lowest BCUT2D eigenvalue weighted by Crippen LogP contribution is -2.36. The molecule has 1 amide bonds. The fraction of sp³-hybridized carbons (Fsp3) is 0.366. The molecule has 0 bridgehead atoms. The highest BCUT2D eigenvalue weighted by Crippen LogP contribution is 2.37. The van der Waals surface area contributed by atoms with E-state index in [1.165, 1.54) is 36.1 Å². The van der Waals surface area contributed by atoms with Crippen molar-refractivity contribution in [3.8, 4) is 23.0 Å². The van der Waals surface area contributed by atoms with Crippen LogP contribution in [0.15, 0.2) is 72.8 Å². The Hall–Kier alpha value is -5.47. The molecule has 14 heteroatoms. The largest absolute Gasteiger partial charge is 0.493 e. The van der Waals surface area contributed by atoms with Gasteiger partial charge in [-0.2, -0.15) is 8.42 Å². The molecule has 1 atom stereocenters. The highest BCUT2D eigenvalue weighted by Gasteiger charge is 2.27. The Labute approximate surface area is 322 Å². The minimum absolute atomic E-state index is 0.203. The highest BCUT2D eigenvalue weighted by molar-refractivity contribution is 7.85. The lowest BCUT2D eigenvalue weighted by Gasteiger charge is -2.30. The Bertz CT molecular complexity index is 2110. The fourth-order valence-electron chi connectivity index (χ4n) is 7.06. The van der Waals surface area contributed by atoms with Gasteiger partial charge in [0.2, 0.25) is 0 Å². The number of rotatable bonds is 18. The van der Waals surface area contributed by atoms with E-state index < -0.39 is 16.0 Å². The molecule has 0 saturated carbocycles. The number of methoxy groups -OCH3 is 2. The maximum absolute atomic E-state index is 13.8. The molecule has 4 aromatic rings. The van der Waals surface area contributed by atoms with Gasteiger partial charge in [0.15, 0.2) is 29.3 Å². The molecule has 55 heavy (non-hydrogen) atoms. The molecular weight excluding hydrogens is 725 g/mol. The molecule has 3 N–H and O–H groups in total. The summed E-state index contributed by atoms with van der Waals surface area (Å²) in [5.74, 6) is 0.567. The van der Waals surface area contributed by atoms with Crippen LogP contribution in [-0.4, -0.2) is 89.6 Å². The number of anilines is 3. The number of nitrogens with zero attached hydrogens (tertiary/aromatic N) is 2. The van der Waals surface area contributed by atoms with E-state index in [0.717, 1.165) is 24.7 Å². The molecule has 0 spiro atoms. The highest BCUT2D eigenvalue weighted by atomic mass is 32.2. The Morgan fingerprint density at radius 1 is 0.836 bits per heavy atom. The minimum atomic E-state index is -4.39. The first-order chi connectivity index (χ1) is 26.6. The van der Waals surface area contributed by atoms with Gasteiger partial charge < -0.3 is 39.4 Å². The van der Waals surface area contributed by atoms with Crippen LogP contribution in [0.3, 0.4) is 0 Å². The number of carbonyl (C=O) groups is 2. The van der Waals surface area contributed by atoms with Gasteiger partial charge in [-0.15, -0.1) is 0 Å². The predicted octanol–water partition coefficient (Wildman–Crippen LogP) is 6.07. The lowest BCUT2D eigenvalue weighted by atomic mass is 9.99. The number of benzene rings is 4. The second kappa shape index (κ2) is 17.8. The number of hydrogen-bond donors (Lipinski definition) is 3. The summed E-state index contributed by atoms with van der Waals surface area (Å²) in [6, 6.07) is 23.1. The van der Waals surface area contributed by atoms with Crippen LogP contribution in [0.25, 0.3) is 0 Å². The van der Waals surface area contributed by atoms with Crippen molar-refractivity contribution in [1.82, 2.24) is 4.90 Å². The molecule has 0 aromatic heterocycles. The number of carbonyl (C=O) groups excluding carboxylic acids is 2. The monoisotopic (exact) mass is 772 g/mol. The summed E-state index contributed by atoms with van der Waals surface area (Å²) >= 11 is 0. The number of hydrogen-bond acceptors (Lipinski definition) is 11. The maximum atomic E-state index is 13.8. The molecule has 0 radical (unpaired) electrons. The minimum Gasteiger partial charge on any atom is -0.493 e. The van der Waals surface area contributed by atoms with E-state index in [2.05, 4.69) is 40.8 Å². The van der Waals surface area contributed by atoms with E-state index in [1.807, 2.05) is 36.4 Å². The molecule has 6 rings (SSSR count). The van der Waals surface area contributed by atoms with Crippen molar-refractivity contribution >= 4 is 39.4 Å². The van der Waals surface area contributed by atoms with Crippen molar-refractivity contribution in [2.75, 3.05) is 69.0 Å². The second-order valence-electron chi connectivity index (χ2n) is 13.6. The molecule has 13 nitrogen and oxygen atoms in total. The standard InChI is InChI=1S/C41H48N4O9S/c1-44-32(19-29-12-7-8-14-36(29)44)24-42-34-22-39(37(51-2)20-31(34)26-46)53-17-9-4-10-18-54-40-23-35(43-27-55(48,49)50)33(21-38(40)52-3)41(47)45-16-15-28-11-5-6-13-30(28)25-45/h5-8,11-14,20-23,26,32,42-43H,4,9-10,15-19,24-25,27H2,1-3H3,(H,48,49,50). The smallest absolute Gasteiger partial charge is 0.283 e. The SMILES string of the molecule is COc1cc(C=O)c(NCC2Cc3ccccc3N2C)cc1OCCCCCOc1cc(NCS(=O)(=O)O)c(C(=O)N2CCc3ccccc3C2)cc1OC. The van der Waals surface area contributed by atoms with Crippen LogP contribution in [0.4, 0.5) is 17.1 Å². The van der Waals surface area contributed by atoms with Gasteiger partial charge in [0, 0.05) is 55.8 Å². The van der Waals surface area contributed by atoms with Gasteiger partial charge >= 0.3 is 0 Å². The molecule has 0 aliphatic carbocycles. The van der Waals surface area contributed by atoms with Crippen LogP contribution in [0, 0.1) is 0 Å². The zero-order valence-corrected chi connectivity index (χ0v) is 32.2. The normalized spacial score (nSPS) is 14.8. The quantitative estimate of drug-likeness (QED) is 0.0611. The van der Waals surface area contributed by atoms with Crippen molar-refractivity contribution in [3.05, 3.63) is 101 Å². The average molecular weight is 773 g/mol. The van der Waals surface area contributed by atoms with Crippen LogP contribution >= 0.6 is 0 Å². The van der Waals surface area contributed by atoms with Crippen LogP contribution in [0.2, 0.25) is 0 Å². The first-order valence-electron chi connectivity index (χ1n) is 18.3. The van der Waals surface area contributed by atoms with Crippen molar-refractivity contribution in [2.24, 2.45) is 0 Å². The van der Waals surface area contributed by atoms with E-state index in [4.69, 9.17) is 18.9 Å². The first-order valence-corrected chi connectivity index (χ1v) is 19.9. The van der Waals surface area contributed by atoms with Crippen LogP contribution in [0.1, 0.15) is 56.7 Å². The zero-order valence-electron chi connectivity index (χ0n) is 31.4. The van der Waals surface area contributed by atoms with Gasteiger partial charge in [-0.25, -0.2) is 0 Å². The number of para-hydroxylation sites is 1. The summed E-state index contributed by atoms with van der Waals surface area (Å²) < 4.78 is 56.0. The Morgan fingerprint density at radius 3 is 2.13 bits per heavy atom. The second-order valence-corrected chi connectivity index (χ2v) is 15.1. The van der Waals surface area contributed by atoms with Gasteiger partial charge in [0.05, 0.1) is 44.7 Å². The zero-order chi connectivity index (χ0) is 39.0. The lowest BCUT2D eigenvalue weighted by molar-refractivity contribution is 0.0735. The predicted molar refractivity (Wildman–Crippen MR) is 212 cm³/mol. The molecule has 292 valence electrons. The average Bonchev–Trinajstić information content (AvgIpc) is 3.52. The molecule has 4 aromatic carbocycles. The van der Waals surface area contributed by atoms with Crippen LogP contribution < -0.4 is 34.5 Å². The summed E-state index contributed by atoms with van der Waals surface area (Å²) in [6.07, 6.45) is 4.56. The number of amides is 1. The summed E-state index contributed by atoms with van der Waals surface area (Å²) in [5.41, 5.74) is 6.34. The number of ether oxygens (including phenoxy) is 4. The number of unbranched alkanes of at least 4 members (excludes halogenated alkanes) is 2. The summed E-state index contributed by atoms with van der Waals surface area (Å²) in [4.78, 5) is 29.7. The third kappa shape index (κ3) is 9.62.